The van der Waals surface area contributed by atoms with Crippen LogP contribution in [0.4, 0.5) is 11.5 Å². The Morgan fingerprint density at radius 1 is 1.15 bits per heavy atom. The van der Waals surface area contributed by atoms with Gasteiger partial charge in [-0.05, 0) is 11.6 Å². The third-order valence-corrected chi connectivity index (χ3v) is 3.15. The van der Waals surface area contributed by atoms with Crippen LogP contribution in [0.15, 0.2) is 48.8 Å². The first-order valence-corrected chi connectivity index (χ1v) is 6.53. The predicted octanol–water partition coefficient (Wildman–Crippen LogP) is 2.41. The first-order chi connectivity index (χ1) is 9.74. The Bertz CT molecular complexity index is 703. The third-order valence-electron chi connectivity index (χ3n) is 3.15. The average molecular weight is 267 g/mol. The van der Waals surface area contributed by atoms with Crippen LogP contribution in [0.25, 0.3) is 5.65 Å². The van der Waals surface area contributed by atoms with Gasteiger partial charge in [-0.15, -0.1) is 0 Å². The molecule has 20 heavy (non-hydrogen) atoms. The molecule has 2 aromatic heterocycles. The van der Waals surface area contributed by atoms with Crippen molar-refractivity contribution in [3.63, 3.8) is 0 Å². The largest absolute Gasteiger partial charge is 0.373 e. The molecule has 5 nitrogen and oxygen atoms in total. The summed E-state index contributed by atoms with van der Waals surface area (Å²) < 4.78 is 1.78. The lowest BCUT2D eigenvalue weighted by Gasteiger charge is -2.10. The Labute approximate surface area is 117 Å². The molecule has 0 aliphatic rings. The molecule has 0 aliphatic heterocycles. The molecule has 0 atom stereocenters. The van der Waals surface area contributed by atoms with Crippen molar-refractivity contribution in [1.29, 1.82) is 0 Å². The summed E-state index contributed by atoms with van der Waals surface area (Å²) in [6.45, 7) is 0.759. The van der Waals surface area contributed by atoms with Gasteiger partial charge in [0.15, 0.2) is 5.65 Å². The van der Waals surface area contributed by atoms with Gasteiger partial charge in [0.25, 0.3) is 0 Å². The minimum Gasteiger partial charge on any atom is -0.373 e. The lowest BCUT2D eigenvalue weighted by atomic mass is 10.2. The van der Waals surface area contributed by atoms with E-state index in [9.17, 15) is 0 Å². The van der Waals surface area contributed by atoms with Crippen molar-refractivity contribution < 1.29 is 0 Å². The summed E-state index contributed by atoms with van der Waals surface area (Å²) in [6.07, 6.45) is 3.74. The Kier molecular flexibility index (Phi) is 3.25. The van der Waals surface area contributed by atoms with Gasteiger partial charge in [0.1, 0.15) is 11.5 Å². The summed E-state index contributed by atoms with van der Waals surface area (Å²) >= 11 is 0. The van der Waals surface area contributed by atoms with Crippen molar-refractivity contribution in [2.75, 3.05) is 24.3 Å². The maximum Gasteiger partial charge on any atom is 0.180 e. The van der Waals surface area contributed by atoms with Gasteiger partial charge in [0.05, 0.1) is 6.20 Å². The second kappa shape index (κ2) is 5.21. The van der Waals surface area contributed by atoms with Crippen LogP contribution >= 0.6 is 0 Å². The standard InChI is InChI=1S/C15H17N5/c1-19(2)13-11-17-20-9-8-14(18-15(13)20)16-10-12-6-4-3-5-7-12/h3-9,11H,10H2,1-2H3,(H,16,18). The van der Waals surface area contributed by atoms with Crippen LogP contribution in [0.2, 0.25) is 0 Å². The van der Waals surface area contributed by atoms with Crippen molar-refractivity contribution in [3.8, 4) is 0 Å². The molecule has 102 valence electrons. The Balaban J connectivity index is 1.83. The molecule has 0 radical (unpaired) electrons. The van der Waals surface area contributed by atoms with E-state index in [4.69, 9.17) is 0 Å². The van der Waals surface area contributed by atoms with Crippen molar-refractivity contribution in [2.45, 2.75) is 6.54 Å². The lowest BCUT2D eigenvalue weighted by Crippen LogP contribution is -2.09. The third kappa shape index (κ3) is 2.42. The monoisotopic (exact) mass is 267 g/mol. The van der Waals surface area contributed by atoms with Crippen LogP contribution in [0.1, 0.15) is 5.56 Å². The molecule has 0 unspecified atom stereocenters. The first-order valence-electron chi connectivity index (χ1n) is 6.53. The molecular weight excluding hydrogens is 250 g/mol. The molecule has 0 saturated carbocycles. The molecule has 2 heterocycles. The van der Waals surface area contributed by atoms with Crippen molar-refractivity contribution in [1.82, 2.24) is 14.6 Å². The summed E-state index contributed by atoms with van der Waals surface area (Å²) in [4.78, 5) is 6.63. The van der Waals surface area contributed by atoms with Gasteiger partial charge in [-0.25, -0.2) is 9.50 Å². The molecule has 1 N–H and O–H groups in total. The number of benzene rings is 1. The van der Waals surface area contributed by atoms with Crippen LogP contribution in [-0.2, 0) is 6.54 Å². The van der Waals surface area contributed by atoms with E-state index in [1.54, 1.807) is 4.52 Å². The van der Waals surface area contributed by atoms with Gasteiger partial charge in [0, 0.05) is 26.8 Å². The highest BCUT2D eigenvalue weighted by molar-refractivity contribution is 5.68. The van der Waals surface area contributed by atoms with Gasteiger partial charge >= 0.3 is 0 Å². The minimum atomic E-state index is 0.759. The van der Waals surface area contributed by atoms with E-state index in [0.717, 1.165) is 23.7 Å². The smallest absolute Gasteiger partial charge is 0.180 e. The second-order valence-electron chi connectivity index (χ2n) is 4.84. The highest BCUT2D eigenvalue weighted by Crippen LogP contribution is 2.18. The topological polar surface area (TPSA) is 45.5 Å². The fourth-order valence-electron chi connectivity index (χ4n) is 2.06. The molecule has 0 amide bonds. The maximum atomic E-state index is 4.62. The van der Waals surface area contributed by atoms with Crippen LogP contribution in [-0.4, -0.2) is 28.7 Å². The number of rotatable bonds is 4. The highest BCUT2D eigenvalue weighted by Gasteiger charge is 2.07. The zero-order valence-electron chi connectivity index (χ0n) is 11.6. The molecular formula is C15H17N5. The van der Waals surface area contributed by atoms with Gasteiger partial charge in [0.2, 0.25) is 0 Å². The zero-order valence-corrected chi connectivity index (χ0v) is 11.6. The van der Waals surface area contributed by atoms with Crippen LogP contribution in [0.3, 0.4) is 0 Å². The van der Waals surface area contributed by atoms with Gasteiger partial charge in [-0.2, -0.15) is 5.10 Å². The van der Waals surface area contributed by atoms with E-state index in [0.29, 0.717) is 0 Å². The molecule has 3 rings (SSSR count). The van der Waals surface area contributed by atoms with Gasteiger partial charge < -0.3 is 10.2 Å². The van der Waals surface area contributed by atoms with Gasteiger partial charge in [-0.1, -0.05) is 30.3 Å². The van der Waals surface area contributed by atoms with E-state index in [1.807, 2.05) is 55.7 Å². The van der Waals surface area contributed by atoms with Gasteiger partial charge in [-0.3, -0.25) is 0 Å². The first kappa shape index (κ1) is 12.5. The minimum absolute atomic E-state index is 0.759. The molecule has 5 heteroatoms. The SMILES string of the molecule is CN(C)c1cnn2ccc(NCc3ccccc3)nc12. The van der Waals surface area contributed by atoms with E-state index in [1.165, 1.54) is 5.56 Å². The molecule has 3 aromatic rings. The van der Waals surface area contributed by atoms with E-state index in [2.05, 4.69) is 27.5 Å². The Hall–Kier alpha value is -2.56. The molecule has 0 bridgehead atoms. The molecule has 1 aromatic carbocycles. The van der Waals surface area contributed by atoms with Crippen molar-refractivity contribution >= 4 is 17.2 Å². The van der Waals surface area contributed by atoms with Crippen LogP contribution in [0, 0.1) is 0 Å². The molecule has 0 saturated heterocycles. The molecule has 0 fully saturated rings. The number of anilines is 2. The maximum absolute atomic E-state index is 4.62. The molecule has 0 aliphatic carbocycles. The summed E-state index contributed by atoms with van der Waals surface area (Å²) in [5, 5.41) is 7.62. The average Bonchev–Trinajstić information content (AvgIpc) is 2.89. The van der Waals surface area contributed by atoms with Crippen LogP contribution < -0.4 is 10.2 Å². The molecule has 0 spiro atoms. The van der Waals surface area contributed by atoms with E-state index >= 15 is 0 Å². The van der Waals surface area contributed by atoms with E-state index < -0.39 is 0 Å². The zero-order chi connectivity index (χ0) is 13.9. The van der Waals surface area contributed by atoms with Crippen LogP contribution in [0.5, 0.6) is 0 Å². The van der Waals surface area contributed by atoms with E-state index in [-0.39, 0.29) is 0 Å². The van der Waals surface area contributed by atoms with Crippen molar-refractivity contribution in [3.05, 3.63) is 54.4 Å². The fraction of sp³-hybridized carbons (Fsp3) is 0.200. The Morgan fingerprint density at radius 2 is 1.95 bits per heavy atom. The van der Waals surface area contributed by atoms with Crippen molar-refractivity contribution in [2.24, 2.45) is 0 Å². The fourth-order valence-corrected chi connectivity index (χ4v) is 2.06. The predicted molar refractivity (Wildman–Crippen MR) is 81.1 cm³/mol. The summed E-state index contributed by atoms with van der Waals surface area (Å²) in [5.74, 6) is 0.852. The number of fused-ring (bicyclic) bond motifs is 1. The number of nitrogens with zero attached hydrogens (tertiary/aromatic N) is 4. The summed E-state index contributed by atoms with van der Waals surface area (Å²) in [7, 11) is 3.98. The second-order valence-corrected chi connectivity index (χ2v) is 4.84. The number of hydrogen-bond donors (Lipinski definition) is 1. The quantitative estimate of drug-likeness (QED) is 0.788. The summed E-state index contributed by atoms with van der Waals surface area (Å²) in [6, 6.07) is 12.2. The Morgan fingerprint density at radius 3 is 2.70 bits per heavy atom. The number of aromatic nitrogens is 3. The number of hydrogen-bond acceptors (Lipinski definition) is 4. The summed E-state index contributed by atoms with van der Waals surface area (Å²) in [5.41, 5.74) is 3.09. The number of nitrogens with one attached hydrogen (secondary N) is 1. The highest BCUT2D eigenvalue weighted by atomic mass is 15.3. The lowest BCUT2D eigenvalue weighted by molar-refractivity contribution is 0.936. The normalized spacial score (nSPS) is 10.7.